The summed E-state index contributed by atoms with van der Waals surface area (Å²) in [7, 11) is 1.40. The van der Waals surface area contributed by atoms with Gasteiger partial charge in [-0.2, -0.15) is 13.2 Å². The number of hydrogen-bond acceptors (Lipinski definition) is 7. The van der Waals surface area contributed by atoms with E-state index in [1.54, 1.807) is 43.6 Å². The number of ether oxygens (including phenoxy) is 1. The van der Waals surface area contributed by atoms with Gasteiger partial charge in [-0.15, -0.1) is 0 Å². The number of nitrogens with two attached hydrogens (primary N) is 1. The highest BCUT2D eigenvalue weighted by atomic mass is 19.4. The fourth-order valence-electron chi connectivity index (χ4n) is 3.58. The highest BCUT2D eigenvalue weighted by Crippen LogP contribution is 2.30. The molecule has 1 saturated heterocycles. The molecular formula is C23H18F3N5O3. The molecule has 0 aliphatic carbocycles. The summed E-state index contributed by atoms with van der Waals surface area (Å²) in [6.45, 7) is 1.83. The van der Waals surface area contributed by atoms with Gasteiger partial charge in [0.1, 0.15) is 11.3 Å². The number of fused-ring (bicyclic) bond motifs is 1. The van der Waals surface area contributed by atoms with Crippen molar-refractivity contribution >= 4 is 28.6 Å². The summed E-state index contributed by atoms with van der Waals surface area (Å²) in [5.41, 5.74) is 5.80. The Hall–Kier alpha value is -4.20. The van der Waals surface area contributed by atoms with Gasteiger partial charge >= 0.3 is 12.1 Å². The third-order valence-electron chi connectivity index (χ3n) is 5.49. The Labute approximate surface area is 192 Å². The second-order valence-electron chi connectivity index (χ2n) is 7.75. The highest BCUT2D eigenvalue weighted by molar-refractivity contribution is 5.94. The maximum Gasteiger partial charge on any atom is 0.490 e. The van der Waals surface area contributed by atoms with Crippen LogP contribution in [0, 0.1) is 18.8 Å². The quantitative estimate of drug-likeness (QED) is 0.454. The number of amides is 1. The number of alkyl halides is 3. The highest BCUT2D eigenvalue weighted by Gasteiger charge is 2.53. The molecule has 2 N–H and O–H groups in total. The van der Waals surface area contributed by atoms with Crippen molar-refractivity contribution in [3.05, 3.63) is 47.8 Å². The monoisotopic (exact) mass is 469 g/mol. The van der Waals surface area contributed by atoms with E-state index in [0.717, 1.165) is 0 Å². The smallest absolute Gasteiger partial charge is 0.429 e. The van der Waals surface area contributed by atoms with Crippen molar-refractivity contribution in [2.24, 2.45) is 0 Å². The normalized spacial score (nSPS) is 18.0. The molecule has 1 amide bonds. The molecule has 0 radical (unpaired) electrons. The van der Waals surface area contributed by atoms with Gasteiger partial charge in [0.2, 0.25) is 0 Å². The Morgan fingerprint density at radius 2 is 2.03 bits per heavy atom. The molecule has 3 heterocycles. The Kier molecular flexibility index (Phi) is 5.61. The number of carbonyl (C=O) groups is 2. The number of nitrogens with zero attached hydrogens (tertiary/aromatic N) is 4. The summed E-state index contributed by atoms with van der Waals surface area (Å²) in [5, 5.41) is 0.710. The molecule has 0 unspecified atom stereocenters. The number of benzene rings is 1. The number of anilines is 1. The standard InChI is InChI=1S/C23H18F3N5O3/c1-13-14(6-8-22(9-11-31(2)20(22)32)34-21(33)23(24,25)26)4-3-5-16(13)19-29-12-15-7-10-28-18(27)17(15)30-19/h3-5,7,10,12H,9,11H2,1-2H3,(H2,27,28)/t22-/m0/s1. The van der Waals surface area contributed by atoms with E-state index >= 15 is 0 Å². The van der Waals surface area contributed by atoms with Crippen LogP contribution in [0.3, 0.4) is 0 Å². The molecule has 3 aromatic rings. The van der Waals surface area contributed by atoms with Gasteiger partial charge in [0.25, 0.3) is 11.5 Å². The van der Waals surface area contributed by atoms with E-state index in [1.807, 2.05) is 0 Å². The first-order chi connectivity index (χ1) is 16.0. The Morgan fingerprint density at radius 3 is 2.71 bits per heavy atom. The lowest BCUT2D eigenvalue weighted by atomic mass is 9.98. The first kappa shape index (κ1) is 23.0. The minimum absolute atomic E-state index is 0.0953. The van der Waals surface area contributed by atoms with E-state index in [9.17, 15) is 22.8 Å². The summed E-state index contributed by atoms with van der Waals surface area (Å²) in [5.74, 6) is 2.54. The molecule has 0 saturated carbocycles. The number of carbonyl (C=O) groups excluding carboxylic acids is 2. The van der Waals surface area contributed by atoms with Crippen LogP contribution < -0.4 is 5.73 Å². The predicted molar refractivity (Wildman–Crippen MR) is 116 cm³/mol. The van der Waals surface area contributed by atoms with Gasteiger partial charge in [0, 0.05) is 48.9 Å². The van der Waals surface area contributed by atoms with Crippen molar-refractivity contribution in [3.8, 4) is 23.2 Å². The van der Waals surface area contributed by atoms with Crippen LogP contribution in [0.1, 0.15) is 17.5 Å². The molecule has 1 aliphatic rings. The van der Waals surface area contributed by atoms with E-state index in [4.69, 9.17) is 5.73 Å². The molecule has 4 rings (SSSR count). The van der Waals surface area contributed by atoms with Crippen LogP contribution in [-0.2, 0) is 14.3 Å². The first-order valence-electron chi connectivity index (χ1n) is 10.1. The molecule has 0 bridgehead atoms. The zero-order chi connectivity index (χ0) is 24.7. The lowest BCUT2D eigenvalue weighted by molar-refractivity contribution is -0.209. The van der Waals surface area contributed by atoms with Crippen molar-refractivity contribution in [1.29, 1.82) is 0 Å². The first-order valence-corrected chi connectivity index (χ1v) is 10.1. The van der Waals surface area contributed by atoms with Gasteiger partial charge < -0.3 is 15.4 Å². The van der Waals surface area contributed by atoms with Crippen molar-refractivity contribution in [1.82, 2.24) is 19.9 Å². The zero-order valence-corrected chi connectivity index (χ0v) is 18.1. The number of likely N-dealkylation sites (tertiary alicyclic amines) is 1. The molecular weight excluding hydrogens is 451 g/mol. The van der Waals surface area contributed by atoms with Crippen LogP contribution in [0.25, 0.3) is 22.3 Å². The number of rotatable bonds is 2. The number of hydrogen-bond donors (Lipinski definition) is 1. The van der Waals surface area contributed by atoms with Crippen LogP contribution in [0.2, 0.25) is 0 Å². The van der Waals surface area contributed by atoms with Crippen LogP contribution >= 0.6 is 0 Å². The number of pyridine rings is 1. The van der Waals surface area contributed by atoms with Gasteiger partial charge in [0.15, 0.2) is 5.82 Å². The van der Waals surface area contributed by atoms with Crippen LogP contribution in [0.5, 0.6) is 0 Å². The van der Waals surface area contributed by atoms with Crippen LogP contribution in [0.15, 0.2) is 36.7 Å². The molecule has 0 spiro atoms. The second-order valence-corrected chi connectivity index (χ2v) is 7.75. The number of aromatic nitrogens is 3. The molecule has 1 atom stereocenters. The summed E-state index contributed by atoms with van der Waals surface area (Å²) in [6, 6.07) is 6.78. The van der Waals surface area contributed by atoms with Gasteiger partial charge in [-0.25, -0.2) is 19.7 Å². The lowest BCUT2D eigenvalue weighted by Gasteiger charge is -2.22. The minimum atomic E-state index is -5.25. The minimum Gasteiger partial charge on any atom is -0.429 e. The van der Waals surface area contributed by atoms with E-state index < -0.39 is 23.7 Å². The Morgan fingerprint density at radius 1 is 1.26 bits per heavy atom. The molecule has 8 nitrogen and oxygen atoms in total. The predicted octanol–water partition coefficient (Wildman–Crippen LogP) is 2.64. The average Bonchev–Trinajstić information content (AvgIpc) is 3.07. The SMILES string of the molecule is Cc1c(C#C[C@]2(OC(=O)C(F)(F)F)CCN(C)C2=O)cccc1-c1ncc2ccnc(N)c2n1. The fraction of sp³-hybridized carbons (Fsp3) is 0.261. The Bertz CT molecular complexity index is 1380. The third-order valence-corrected chi connectivity index (χ3v) is 5.49. The number of likely N-dealkylation sites (N-methyl/N-ethyl adjacent to an activating group) is 1. The average molecular weight is 469 g/mol. The van der Waals surface area contributed by atoms with Gasteiger partial charge in [0.05, 0.1) is 0 Å². The molecule has 2 aromatic heterocycles. The van der Waals surface area contributed by atoms with Crippen molar-refractivity contribution in [2.75, 3.05) is 19.3 Å². The molecule has 174 valence electrons. The van der Waals surface area contributed by atoms with Crippen molar-refractivity contribution in [2.45, 2.75) is 25.1 Å². The van der Waals surface area contributed by atoms with E-state index in [-0.39, 0.29) is 18.8 Å². The largest absolute Gasteiger partial charge is 0.490 e. The number of esters is 1. The summed E-state index contributed by atoms with van der Waals surface area (Å²) in [4.78, 5) is 38.1. The maximum absolute atomic E-state index is 12.8. The van der Waals surface area contributed by atoms with E-state index in [1.165, 1.54) is 11.9 Å². The lowest BCUT2D eigenvalue weighted by Crippen LogP contribution is -2.45. The number of nitrogen functional groups attached to an aromatic ring is 1. The summed E-state index contributed by atoms with van der Waals surface area (Å²) in [6.07, 6.45) is -2.29. The second kappa shape index (κ2) is 8.30. The molecule has 34 heavy (non-hydrogen) atoms. The van der Waals surface area contributed by atoms with Gasteiger partial charge in [-0.1, -0.05) is 18.1 Å². The molecule has 1 aliphatic heterocycles. The van der Waals surface area contributed by atoms with Gasteiger partial charge in [-0.05, 0) is 30.5 Å². The van der Waals surface area contributed by atoms with Crippen LogP contribution in [-0.4, -0.2) is 57.1 Å². The van der Waals surface area contributed by atoms with Gasteiger partial charge in [-0.3, -0.25) is 4.79 Å². The Balaban J connectivity index is 1.75. The summed E-state index contributed by atoms with van der Waals surface area (Å²) < 4.78 is 43.1. The molecule has 1 aromatic carbocycles. The van der Waals surface area contributed by atoms with E-state index in [2.05, 4.69) is 31.5 Å². The van der Waals surface area contributed by atoms with Crippen molar-refractivity contribution in [3.63, 3.8) is 0 Å². The fourth-order valence-corrected chi connectivity index (χ4v) is 3.58. The third kappa shape index (κ3) is 4.10. The van der Waals surface area contributed by atoms with Crippen molar-refractivity contribution < 1.29 is 27.5 Å². The zero-order valence-electron chi connectivity index (χ0n) is 18.1. The number of halogens is 3. The van der Waals surface area contributed by atoms with Crippen LogP contribution in [0.4, 0.5) is 19.0 Å². The van der Waals surface area contributed by atoms with E-state index in [0.29, 0.717) is 33.4 Å². The molecule has 11 heteroatoms. The molecule has 1 fully saturated rings. The maximum atomic E-state index is 12.8. The summed E-state index contributed by atoms with van der Waals surface area (Å²) >= 11 is 0. The topological polar surface area (TPSA) is 111 Å².